The van der Waals surface area contributed by atoms with Crippen LogP contribution in [0.5, 0.6) is 5.75 Å². The van der Waals surface area contributed by atoms with Crippen molar-refractivity contribution in [2.75, 3.05) is 7.11 Å². The maximum Gasteiger partial charge on any atom is 0.150 e. The molecule has 0 amide bonds. The molecule has 0 fully saturated rings. The first-order valence-electron chi connectivity index (χ1n) is 8.57. The number of hydrogen-bond acceptors (Lipinski definition) is 3. The SMILES string of the molecule is CCCCc1c(C)c(C)c(C)c(-n2nc3ccccc3n2)c1OC. The first-order valence-corrected chi connectivity index (χ1v) is 8.57. The number of hydrogen-bond donors (Lipinski definition) is 0. The van der Waals surface area contributed by atoms with Crippen LogP contribution < -0.4 is 4.74 Å². The Morgan fingerprint density at radius 1 is 0.958 bits per heavy atom. The highest BCUT2D eigenvalue weighted by Gasteiger charge is 2.21. The summed E-state index contributed by atoms with van der Waals surface area (Å²) in [6.07, 6.45) is 3.32. The second kappa shape index (κ2) is 6.63. The van der Waals surface area contributed by atoms with Gasteiger partial charge in [-0.05, 0) is 68.0 Å². The Morgan fingerprint density at radius 3 is 2.12 bits per heavy atom. The first kappa shape index (κ1) is 16.5. The van der Waals surface area contributed by atoms with Crippen molar-refractivity contribution in [1.82, 2.24) is 15.0 Å². The number of rotatable bonds is 5. The highest BCUT2D eigenvalue weighted by molar-refractivity contribution is 5.74. The Bertz CT molecular complexity index is 847. The second-order valence-electron chi connectivity index (χ2n) is 6.32. The van der Waals surface area contributed by atoms with Crippen LogP contribution in [0, 0.1) is 20.8 Å². The second-order valence-corrected chi connectivity index (χ2v) is 6.32. The number of benzene rings is 2. The van der Waals surface area contributed by atoms with E-state index in [2.05, 4.69) is 37.9 Å². The minimum absolute atomic E-state index is 0.896. The van der Waals surface area contributed by atoms with Crippen molar-refractivity contribution in [3.05, 3.63) is 46.5 Å². The van der Waals surface area contributed by atoms with E-state index in [0.717, 1.165) is 41.7 Å². The van der Waals surface area contributed by atoms with Crippen LogP contribution in [-0.4, -0.2) is 22.1 Å². The molecular weight excluding hydrogens is 298 g/mol. The molecule has 1 heterocycles. The van der Waals surface area contributed by atoms with Crippen molar-refractivity contribution in [2.24, 2.45) is 0 Å². The van der Waals surface area contributed by atoms with Gasteiger partial charge in [-0.3, -0.25) is 0 Å². The highest BCUT2D eigenvalue weighted by Crippen LogP contribution is 2.36. The van der Waals surface area contributed by atoms with Crippen molar-refractivity contribution in [3.63, 3.8) is 0 Å². The molecule has 0 N–H and O–H groups in total. The number of methoxy groups -OCH3 is 1. The highest BCUT2D eigenvalue weighted by atomic mass is 16.5. The lowest BCUT2D eigenvalue weighted by Gasteiger charge is -2.20. The third kappa shape index (κ3) is 2.66. The van der Waals surface area contributed by atoms with Crippen LogP contribution in [0.2, 0.25) is 0 Å². The Balaban J connectivity index is 2.27. The third-order valence-corrected chi connectivity index (χ3v) is 4.89. The van der Waals surface area contributed by atoms with Crippen molar-refractivity contribution in [1.29, 1.82) is 0 Å². The van der Waals surface area contributed by atoms with E-state index in [0.29, 0.717) is 0 Å². The van der Waals surface area contributed by atoms with Crippen molar-refractivity contribution in [3.8, 4) is 11.4 Å². The molecule has 24 heavy (non-hydrogen) atoms. The largest absolute Gasteiger partial charge is 0.494 e. The van der Waals surface area contributed by atoms with E-state index in [1.807, 2.05) is 24.3 Å². The monoisotopic (exact) mass is 323 g/mol. The fraction of sp³-hybridized carbons (Fsp3) is 0.400. The van der Waals surface area contributed by atoms with Crippen molar-refractivity contribution in [2.45, 2.75) is 47.0 Å². The number of unbranched alkanes of at least 4 members (excludes halogenated alkanes) is 1. The standard InChI is InChI=1S/C20H25N3O/c1-6-7-10-16-14(3)13(2)15(4)19(20(16)24-5)23-21-17-11-8-9-12-18(17)22-23/h8-9,11-12H,6-7,10H2,1-5H3. The van der Waals surface area contributed by atoms with E-state index in [1.165, 1.54) is 22.3 Å². The lowest BCUT2D eigenvalue weighted by molar-refractivity contribution is 0.403. The summed E-state index contributed by atoms with van der Waals surface area (Å²) in [5.74, 6) is 0.907. The molecular formula is C20H25N3O. The van der Waals surface area contributed by atoms with Gasteiger partial charge >= 0.3 is 0 Å². The zero-order valence-electron chi connectivity index (χ0n) is 15.2. The summed E-state index contributed by atoms with van der Waals surface area (Å²) < 4.78 is 5.84. The Hall–Kier alpha value is -2.36. The van der Waals surface area contributed by atoms with Gasteiger partial charge in [0.05, 0.1) is 7.11 Å². The molecule has 2 aromatic carbocycles. The van der Waals surface area contributed by atoms with Gasteiger partial charge < -0.3 is 4.74 Å². The average molecular weight is 323 g/mol. The Morgan fingerprint density at radius 2 is 1.58 bits per heavy atom. The molecule has 1 aromatic heterocycles. The van der Waals surface area contributed by atoms with Crippen molar-refractivity contribution >= 4 is 11.0 Å². The maximum atomic E-state index is 5.84. The van der Waals surface area contributed by atoms with Gasteiger partial charge in [0.2, 0.25) is 0 Å². The third-order valence-electron chi connectivity index (χ3n) is 4.89. The smallest absolute Gasteiger partial charge is 0.150 e. The summed E-state index contributed by atoms with van der Waals surface area (Å²) in [6.45, 7) is 8.70. The molecule has 0 aliphatic heterocycles. The van der Waals surface area contributed by atoms with Gasteiger partial charge in [-0.25, -0.2) is 0 Å². The first-order chi connectivity index (χ1) is 11.6. The summed E-state index contributed by atoms with van der Waals surface area (Å²) in [6, 6.07) is 7.94. The van der Waals surface area contributed by atoms with E-state index < -0.39 is 0 Å². The molecule has 0 saturated heterocycles. The summed E-state index contributed by atoms with van der Waals surface area (Å²) >= 11 is 0. The molecule has 0 bridgehead atoms. The number of fused-ring (bicyclic) bond motifs is 1. The van der Waals surface area contributed by atoms with Crippen LogP contribution in [-0.2, 0) is 6.42 Å². The zero-order valence-corrected chi connectivity index (χ0v) is 15.2. The predicted molar refractivity (Wildman–Crippen MR) is 98.2 cm³/mol. The lowest BCUT2D eigenvalue weighted by atomic mass is 9.93. The molecule has 3 rings (SSSR count). The van der Waals surface area contributed by atoms with Crippen LogP contribution in [0.25, 0.3) is 16.7 Å². The van der Waals surface area contributed by atoms with E-state index in [9.17, 15) is 0 Å². The van der Waals surface area contributed by atoms with Gasteiger partial charge in [0, 0.05) is 0 Å². The van der Waals surface area contributed by atoms with E-state index in [4.69, 9.17) is 4.74 Å². The van der Waals surface area contributed by atoms with Gasteiger partial charge in [0.1, 0.15) is 22.5 Å². The molecule has 0 atom stereocenters. The van der Waals surface area contributed by atoms with Crippen LogP contribution in [0.3, 0.4) is 0 Å². The van der Waals surface area contributed by atoms with Gasteiger partial charge in [-0.15, -0.1) is 15.0 Å². The molecule has 3 aromatic rings. The van der Waals surface area contributed by atoms with Crippen LogP contribution >= 0.6 is 0 Å². The number of nitrogens with zero attached hydrogens (tertiary/aromatic N) is 3. The molecule has 0 aliphatic rings. The van der Waals surface area contributed by atoms with Gasteiger partial charge in [-0.2, -0.15) is 0 Å². The van der Waals surface area contributed by atoms with Gasteiger partial charge in [0.25, 0.3) is 0 Å². The topological polar surface area (TPSA) is 39.9 Å². The fourth-order valence-electron chi connectivity index (χ4n) is 3.24. The predicted octanol–water partition coefficient (Wildman–Crippen LogP) is 4.70. The molecule has 126 valence electrons. The number of aromatic nitrogens is 3. The summed E-state index contributed by atoms with van der Waals surface area (Å²) in [5, 5.41) is 9.34. The molecule has 0 spiro atoms. The summed E-state index contributed by atoms with van der Waals surface area (Å²) in [7, 11) is 1.74. The number of ether oxygens (including phenoxy) is 1. The van der Waals surface area contributed by atoms with E-state index in [1.54, 1.807) is 11.9 Å². The molecule has 0 aliphatic carbocycles. The lowest BCUT2D eigenvalue weighted by Crippen LogP contribution is -2.10. The normalized spacial score (nSPS) is 11.2. The minimum atomic E-state index is 0.896. The van der Waals surface area contributed by atoms with Crippen molar-refractivity contribution < 1.29 is 4.74 Å². The molecule has 0 radical (unpaired) electrons. The molecule has 0 unspecified atom stereocenters. The van der Waals surface area contributed by atoms with Gasteiger partial charge in [0.15, 0.2) is 0 Å². The molecule has 4 nitrogen and oxygen atoms in total. The summed E-state index contributed by atoms with van der Waals surface area (Å²) in [5.41, 5.74) is 7.81. The van der Waals surface area contributed by atoms with Crippen LogP contribution in [0.1, 0.15) is 42.0 Å². The zero-order chi connectivity index (χ0) is 17.3. The quantitative estimate of drug-likeness (QED) is 0.683. The van der Waals surface area contributed by atoms with E-state index in [-0.39, 0.29) is 0 Å². The minimum Gasteiger partial charge on any atom is -0.494 e. The van der Waals surface area contributed by atoms with E-state index >= 15 is 0 Å². The fourth-order valence-corrected chi connectivity index (χ4v) is 3.24. The average Bonchev–Trinajstić information content (AvgIpc) is 3.02. The Labute approximate surface area is 143 Å². The van der Waals surface area contributed by atoms with Gasteiger partial charge in [-0.1, -0.05) is 25.5 Å². The summed E-state index contributed by atoms with van der Waals surface area (Å²) in [4.78, 5) is 1.74. The maximum absolute atomic E-state index is 5.84. The molecule has 0 saturated carbocycles. The van der Waals surface area contributed by atoms with Crippen LogP contribution in [0.4, 0.5) is 0 Å². The Kier molecular flexibility index (Phi) is 4.56. The molecule has 4 heteroatoms. The van der Waals surface area contributed by atoms with Crippen LogP contribution in [0.15, 0.2) is 24.3 Å².